The lowest BCUT2D eigenvalue weighted by Crippen LogP contribution is -2.46. The van der Waals surface area contributed by atoms with Crippen LogP contribution in [-0.4, -0.2) is 106 Å². The van der Waals surface area contributed by atoms with Gasteiger partial charge < -0.3 is 39.0 Å². The van der Waals surface area contributed by atoms with Gasteiger partial charge in [-0.05, 0) is 33.6 Å². The smallest absolute Gasteiger partial charge is 0.407 e. The molecule has 1 saturated heterocycles. The largest absolute Gasteiger partial charge is 0.480 e. The molecule has 2 N–H and O–H groups in total. The molecule has 0 spiro atoms. The molecule has 1 rings (SSSR count). The summed E-state index contributed by atoms with van der Waals surface area (Å²) in [5, 5.41) is 11.3. The number of carbonyl (C=O) groups excluding carboxylic acids is 1. The summed E-state index contributed by atoms with van der Waals surface area (Å²) in [5.74, 6) is -0.988. The van der Waals surface area contributed by atoms with E-state index in [0.717, 1.165) is 32.5 Å². The molecule has 1 amide bonds. The van der Waals surface area contributed by atoms with Crippen molar-refractivity contribution in [2.45, 2.75) is 45.3 Å². The van der Waals surface area contributed by atoms with Crippen LogP contribution >= 0.6 is 0 Å². The van der Waals surface area contributed by atoms with Gasteiger partial charge in [-0.1, -0.05) is 0 Å². The number of nitrogens with zero attached hydrogens (tertiary/aromatic N) is 1. The van der Waals surface area contributed by atoms with Gasteiger partial charge in [-0.15, -0.1) is 0 Å². The minimum absolute atomic E-state index is 0.163. The van der Waals surface area contributed by atoms with Gasteiger partial charge in [-0.2, -0.15) is 0 Å². The van der Waals surface area contributed by atoms with E-state index in [-0.39, 0.29) is 25.3 Å². The van der Waals surface area contributed by atoms with E-state index >= 15 is 0 Å². The average Bonchev–Trinajstić information content (AvgIpc) is 2.65. The molecule has 1 fully saturated rings. The Morgan fingerprint density at radius 2 is 1.40 bits per heavy atom. The Balaban J connectivity index is 1.87. The molecule has 10 heteroatoms. The molecule has 0 aliphatic carbocycles. The van der Waals surface area contributed by atoms with Gasteiger partial charge in [-0.25, -0.2) is 9.59 Å². The zero-order valence-electron chi connectivity index (χ0n) is 18.5. The van der Waals surface area contributed by atoms with Crippen molar-refractivity contribution in [3.63, 3.8) is 0 Å². The van der Waals surface area contributed by atoms with Gasteiger partial charge in [0.25, 0.3) is 0 Å². The summed E-state index contributed by atoms with van der Waals surface area (Å²) >= 11 is 0. The van der Waals surface area contributed by atoms with E-state index in [2.05, 4.69) is 10.2 Å². The number of aliphatic carboxylic acids is 1. The summed E-state index contributed by atoms with van der Waals surface area (Å²) in [4.78, 5) is 24.4. The Morgan fingerprint density at radius 1 is 0.900 bits per heavy atom. The quantitative estimate of drug-likeness (QED) is 0.366. The third kappa shape index (κ3) is 15.4. The number of hydrogen-bond acceptors (Lipinski definition) is 8. The van der Waals surface area contributed by atoms with E-state index in [1.165, 1.54) is 0 Å². The van der Waals surface area contributed by atoms with Gasteiger partial charge in [0.2, 0.25) is 0 Å². The highest BCUT2D eigenvalue weighted by atomic mass is 16.6. The van der Waals surface area contributed by atoms with Crippen LogP contribution in [0.25, 0.3) is 0 Å². The van der Waals surface area contributed by atoms with Gasteiger partial charge >= 0.3 is 12.1 Å². The number of carbonyl (C=O) groups is 2. The number of piperidine rings is 1. The summed E-state index contributed by atoms with van der Waals surface area (Å²) in [6, 6.07) is 0.163. The van der Waals surface area contributed by atoms with Crippen LogP contribution in [0.1, 0.15) is 33.6 Å². The summed E-state index contributed by atoms with van der Waals surface area (Å²) in [7, 11) is 0. The summed E-state index contributed by atoms with van der Waals surface area (Å²) in [5.41, 5.74) is -0.475. The molecule has 0 aromatic rings. The highest BCUT2D eigenvalue weighted by Gasteiger charge is 2.23. The van der Waals surface area contributed by atoms with Crippen molar-refractivity contribution in [2.75, 3.05) is 72.5 Å². The molecular formula is C20H38N2O8. The minimum Gasteiger partial charge on any atom is -0.480 e. The van der Waals surface area contributed by atoms with Crippen molar-refractivity contribution in [2.24, 2.45) is 0 Å². The van der Waals surface area contributed by atoms with Crippen LogP contribution in [0.3, 0.4) is 0 Å². The SMILES string of the molecule is CC(C)(C)OC(=O)NC1CCN(CCOCCOCCOCCOCC(=O)O)CC1. The lowest BCUT2D eigenvalue weighted by molar-refractivity contribution is -0.142. The monoisotopic (exact) mass is 434 g/mol. The van der Waals surface area contributed by atoms with E-state index in [9.17, 15) is 9.59 Å². The molecule has 1 aliphatic heterocycles. The number of carboxylic acid groups (broad SMARTS) is 1. The minimum atomic E-state index is -0.988. The molecule has 10 nitrogen and oxygen atoms in total. The van der Waals surface area contributed by atoms with Crippen molar-refractivity contribution in [1.82, 2.24) is 10.2 Å². The second-order valence-electron chi connectivity index (χ2n) is 8.05. The van der Waals surface area contributed by atoms with Crippen molar-refractivity contribution in [3.05, 3.63) is 0 Å². The van der Waals surface area contributed by atoms with E-state index in [1.54, 1.807) is 0 Å². The maximum absolute atomic E-state index is 11.8. The normalized spacial score (nSPS) is 15.8. The first kappa shape index (κ1) is 26.6. The number of alkyl carbamates (subject to hydrolysis) is 1. The van der Waals surface area contributed by atoms with Crippen LogP contribution in [0, 0.1) is 0 Å². The predicted molar refractivity (Wildman–Crippen MR) is 110 cm³/mol. The third-order valence-corrected chi connectivity index (χ3v) is 4.20. The van der Waals surface area contributed by atoms with Gasteiger partial charge in [0.1, 0.15) is 12.2 Å². The van der Waals surface area contributed by atoms with Crippen molar-refractivity contribution >= 4 is 12.1 Å². The molecule has 0 aromatic heterocycles. The number of ether oxygens (including phenoxy) is 5. The standard InChI is InChI=1S/C20H38N2O8/c1-20(2,3)30-19(25)21-17-4-6-22(7-5-17)8-9-26-10-11-27-12-13-28-14-15-29-16-18(23)24/h17H,4-16H2,1-3H3,(H,21,25)(H,23,24). The van der Waals surface area contributed by atoms with Gasteiger partial charge in [0.15, 0.2) is 0 Å². The van der Waals surface area contributed by atoms with Gasteiger partial charge in [0, 0.05) is 25.7 Å². The average molecular weight is 435 g/mol. The summed E-state index contributed by atoms with van der Waals surface area (Å²) < 4.78 is 26.4. The van der Waals surface area contributed by atoms with Gasteiger partial charge in [-0.3, -0.25) is 0 Å². The Kier molecular flexibility index (Phi) is 13.6. The van der Waals surface area contributed by atoms with Crippen LogP contribution in [0.2, 0.25) is 0 Å². The summed E-state index contributed by atoms with van der Waals surface area (Å²) in [6.45, 7) is 11.1. The van der Waals surface area contributed by atoms with Crippen LogP contribution in [0.4, 0.5) is 4.79 Å². The van der Waals surface area contributed by atoms with Crippen molar-refractivity contribution in [3.8, 4) is 0 Å². The van der Waals surface area contributed by atoms with E-state index in [1.807, 2.05) is 20.8 Å². The fourth-order valence-electron chi connectivity index (χ4n) is 2.79. The first-order valence-electron chi connectivity index (χ1n) is 10.5. The molecule has 0 radical (unpaired) electrons. The van der Waals surface area contributed by atoms with Crippen LogP contribution in [0.5, 0.6) is 0 Å². The first-order chi connectivity index (χ1) is 14.3. The summed E-state index contributed by atoms with van der Waals surface area (Å²) in [6.07, 6.45) is 1.47. The topological polar surface area (TPSA) is 116 Å². The number of nitrogens with one attached hydrogen (secondary N) is 1. The Bertz CT molecular complexity index is 476. The fraction of sp³-hybridized carbons (Fsp3) is 0.900. The molecule has 0 aromatic carbocycles. The molecule has 30 heavy (non-hydrogen) atoms. The number of carboxylic acids is 1. The van der Waals surface area contributed by atoms with E-state index in [0.29, 0.717) is 39.6 Å². The third-order valence-electron chi connectivity index (χ3n) is 4.20. The Hall–Kier alpha value is -1.46. The second kappa shape index (κ2) is 15.4. The number of rotatable bonds is 15. The maximum atomic E-state index is 11.8. The van der Waals surface area contributed by atoms with E-state index in [4.69, 9.17) is 28.8 Å². The second-order valence-corrected chi connectivity index (χ2v) is 8.05. The highest BCUT2D eigenvalue weighted by Crippen LogP contribution is 2.12. The Morgan fingerprint density at radius 3 is 1.90 bits per heavy atom. The molecule has 1 aliphatic rings. The fourth-order valence-corrected chi connectivity index (χ4v) is 2.79. The molecular weight excluding hydrogens is 396 g/mol. The van der Waals surface area contributed by atoms with Crippen LogP contribution < -0.4 is 5.32 Å². The molecule has 0 unspecified atom stereocenters. The maximum Gasteiger partial charge on any atom is 0.407 e. The van der Waals surface area contributed by atoms with Crippen LogP contribution in [0.15, 0.2) is 0 Å². The molecule has 0 saturated carbocycles. The molecule has 0 atom stereocenters. The van der Waals surface area contributed by atoms with Gasteiger partial charge in [0.05, 0.1) is 46.2 Å². The van der Waals surface area contributed by atoms with Crippen LogP contribution in [-0.2, 0) is 28.5 Å². The van der Waals surface area contributed by atoms with Crippen molar-refractivity contribution < 1.29 is 38.4 Å². The van der Waals surface area contributed by atoms with Crippen molar-refractivity contribution in [1.29, 1.82) is 0 Å². The molecule has 1 heterocycles. The molecule has 0 bridgehead atoms. The highest BCUT2D eigenvalue weighted by molar-refractivity contribution is 5.68. The Labute approximate surface area is 179 Å². The zero-order valence-corrected chi connectivity index (χ0v) is 18.5. The van der Waals surface area contributed by atoms with E-state index < -0.39 is 11.6 Å². The zero-order chi connectivity index (χ0) is 22.2. The number of amides is 1. The number of hydrogen-bond donors (Lipinski definition) is 2. The first-order valence-corrected chi connectivity index (χ1v) is 10.5. The predicted octanol–water partition coefficient (Wildman–Crippen LogP) is 1.13. The lowest BCUT2D eigenvalue weighted by atomic mass is 10.1. The number of likely N-dealkylation sites (tertiary alicyclic amines) is 1. The lowest BCUT2D eigenvalue weighted by Gasteiger charge is -2.32. The molecule has 176 valence electrons.